The van der Waals surface area contributed by atoms with Crippen LogP contribution in [0.1, 0.15) is 36.9 Å². The molecule has 0 spiro atoms. The zero-order chi connectivity index (χ0) is 16.9. The summed E-state index contributed by atoms with van der Waals surface area (Å²) in [6, 6.07) is 7.31. The number of hydrogen-bond donors (Lipinski definition) is 1. The van der Waals surface area contributed by atoms with Gasteiger partial charge in [-0.15, -0.1) is 5.73 Å². The van der Waals surface area contributed by atoms with Crippen molar-refractivity contribution in [2.45, 2.75) is 45.2 Å². The Bertz CT molecular complexity index is 827. The summed E-state index contributed by atoms with van der Waals surface area (Å²) in [6.07, 6.45) is 18.0. The largest absolute Gasteiger partial charge is 0.340 e. The molecular weight excluding hydrogens is 292 g/mol. The SMILES string of the molecule is Cc1c(C/C=C\C=C/C(C)N)ccc2c1ccn2C1C=C=CCC1. The second kappa shape index (κ2) is 7.53. The van der Waals surface area contributed by atoms with Gasteiger partial charge >= 0.3 is 0 Å². The Balaban J connectivity index is 1.83. The molecule has 0 amide bonds. The Morgan fingerprint density at radius 2 is 2.21 bits per heavy atom. The lowest BCUT2D eigenvalue weighted by Gasteiger charge is -2.17. The van der Waals surface area contributed by atoms with Crippen molar-refractivity contribution >= 4 is 10.9 Å². The van der Waals surface area contributed by atoms with Crippen LogP contribution in [-0.2, 0) is 6.42 Å². The molecule has 0 fully saturated rings. The second-order valence-electron chi connectivity index (χ2n) is 6.56. The van der Waals surface area contributed by atoms with Gasteiger partial charge in [-0.1, -0.05) is 30.4 Å². The standard InChI is InChI=1S/C22H26N2/c1-17(23)9-5-3-6-10-19-13-14-22-21(18(19)2)15-16-24(22)20-11-7-4-8-12-20/h3-6,9,12-17,20H,7,10-11,23H2,1-2H3/b6-3-,9-5-. The molecule has 24 heavy (non-hydrogen) atoms. The van der Waals surface area contributed by atoms with Crippen LogP contribution in [0, 0.1) is 6.92 Å². The third-order valence-electron chi connectivity index (χ3n) is 4.65. The summed E-state index contributed by atoms with van der Waals surface area (Å²) in [4.78, 5) is 0. The topological polar surface area (TPSA) is 30.9 Å². The van der Waals surface area contributed by atoms with E-state index in [2.05, 4.69) is 65.9 Å². The van der Waals surface area contributed by atoms with Gasteiger partial charge in [-0.3, -0.25) is 0 Å². The zero-order valence-corrected chi connectivity index (χ0v) is 14.6. The van der Waals surface area contributed by atoms with Crippen molar-refractivity contribution in [2.75, 3.05) is 0 Å². The summed E-state index contributed by atoms with van der Waals surface area (Å²) in [5.74, 6) is 0. The van der Waals surface area contributed by atoms with Gasteiger partial charge < -0.3 is 10.3 Å². The van der Waals surface area contributed by atoms with Gasteiger partial charge in [0, 0.05) is 23.1 Å². The van der Waals surface area contributed by atoms with Gasteiger partial charge in [0.15, 0.2) is 0 Å². The zero-order valence-electron chi connectivity index (χ0n) is 14.6. The van der Waals surface area contributed by atoms with Crippen LogP contribution in [0.15, 0.2) is 66.6 Å². The van der Waals surface area contributed by atoms with Crippen molar-refractivity contribution in [2.24, 2.45) is 5.73 Å². The highest BCUT2D eigenvalue weighted by molar-refractivity contribution is 5.85. The highest BCUT2D eigenvalue weighted by Crippen LogP contribution is 2.29. The van der Waals surface area contributed by atoms with E-state index in [9.17, 15) is 0 Å². The Kier molecular flexibility index (Phi) is 5.20. The minimum atomic E-state index is 0.108. The average Bonchev–Trinajstić information content (AvgIpc) is 3.02. The van der Waals surface area contributed by atoms with Crippen LogP contribution in [0.25, 0.3) is 10.9 Å². The van der Waals surface area contributed by atoms with E-state index in [-0.39, 0.29) is 6.04 Å². The fraction of sp³-hybridized carbons (Fsp3) is 0.318. The van der Waals surface area contributed by atoms with Crippen LogP contribution in [0.3, 0.4) is 0 Å². The molecule has 1 aromatic heterocycles. The van der Waals surface area contributed by atoms with Gasteiger partial charge in [0.2, 0.25) is 0 Å². The van der Waals surface area contributed by atoms with Gasteiger partial charge in [0.05, 0.1) is 6.04 Å². The number of aryl methyl sites for hydroxylation is 1. The van der Waals surface area contributed by atoms with Gasteiger partial charge in [-0.05, 0) is 68.5 Å². The molecule has 1 aromatic carbocycles. The molecular formula is C22H26N2. The van der Waals surface area contributed by atoms with E-state index in [1.165, 1.54) is 22.0 Å². The number of rotatable bonds is 5. The number of allylic oxidation sites excluding steroid dienone is 4. The third-order valence-corrected chi connectivity index (χ3v) is 4.65. The number of nitrogens with zero attached hydrogens (tertiary/aromatic N) is 1. The van der Waals surface area contributed by atoms with Crippen molar-refractivity contribution in [1.29, 1.82) is 0 Å². The fourth-order valence-electron chi connectivity index (χ4n) is 3.27. The minimum Gasteiger partial charge on any atom is -0.340 e. The van der Waals surface area contributed by atoms with Crippen LogP contribution in [-0.4, -0.2) is 10.6 Å². The maximum absolute atomic E-state index is 5.70. The molecule has 0 saturated heterocycles. The van der Waals surface area contributed by atoms with Gasteiger partial charge in [0.1, 0.15) is 0 Å². The monoisotopic (exact) mass is 318 g/mol. The van der Waals surface area contributed by atoms with Crippen LogP contribution in [0.4, 0.5) is 0 Å². The van der Waals surface area contributed by atoms with E-state index in [0.717, 1.165) is 19.3 Å². The third kappa shape index (κ3) is 3.62. The first-order chi connectivity index (χ1) is 11.7. The Morgan fingerprint density at radius 3 is 2.96 bits per heavy atom. The molecule has 0 aliphatic heterocycles. The predicted octanol–water partition coefficient (Wildman–Crippen LogP) is 5.00. The highest BCUT2D eigenvalue weighted by Gasteiger charge is 2.13. The predicted molar refractivity (Wildman–Crippen MR) is 103 cm³/mol. The summed E-state index contributed by atoms with van der Waals surface area (Å²) >= 11 is 0. The van der Waals surface area contributed by atoms with E-state index in [4.69, 9.17) is 5.73 Å². The maximum atomic E-state index is 5.70. The van der Waals surface area contributed by atoms with E-state index in [1.807, 2.05) is 19.1 Å². The van der Waals surface area contributed by atoms with Crippen molar-refractivity contribution in [3.63, 3.8) is 0 Å². The van der Waals surface area contributed by atoms with E-state index >= 15 is 0 Å². The van der Waals surface area contributed by atoms with Gasteiger partial charge in [0.25, 0.3) is 0 Å². The molecule has 2 N–H and O–H groups in total. The molecule has 3 rings (SSSR count). The van der Waals surface area contributed by atoms with Crippen LogP contribution < -0.4 is 5.73 Å². The van der Waals surface area contributed by atoms with Crippen molar-refractivity contribution in [1.82, 2.24) is 4.57 Å². The molecule has 2 unspecified atom stereocenters. The molecule has 0 radical (unpaired) electrons. The normalized spacial score (nSPS) is 19.0. The Morgan fingerprint density at radius 1 is 1.33 bits per heavy atom. The van der Waals surface area contributed by atoms with Crippen molar-refractivity contribution in [3.8, 4) is 0 Å². The molecule has 0 bridgehead atoms. The molecule has 124 valence electrons. The molecule has 1 heterocycles. The van der Waals surface area contributed by atoms with Crippen LogP contribution in [0.2, 0.25) is 0 Å². The van der Waals surface area contributed by atoms with Gasteiger partial charge in [-0.25, -0.2) is 0 Å². The lowest BCUT2D eigenvalue weighted by molar-refractivity contribution is 0.573. The first-order valence-corrected chi connectivity index (χ1v) is 8.76. The summed E-state index contributed by atoms with van der Waals surface area (Å²) < 4.78 is 2.38. The molecule has 2 heteroatoms. The summed E-state index contributed by atoms with van der Waals surface area (Å²) in [6.45, 7) is 4.20. The van der Waals surface area contributed by atoms with E-state index in [0.29, 0.717) is 6.04 Å². The summed E-state index contributed by atoms with van der Waals surface area (Å²) in [7, 11) is 0. The smallest absolute Gasteiger partial charge is 0.0593 e. The fourth-order valence-corrected chi connectivity index (χ4v) is 3.27. The number of hydrogen-bond acceptors (Lipinski definition) is 1. The lowest BCUT2D eigenvalue weighted by atomic mass is 10.0. The average molecular weight is 318 g/mol. The molecule has 2 nitrogen and oxygen atoms in total. The van der Waals surface area contributed by atoms with E-state index in [1.54, 1.807) is 0 Å². The number of nitrogens with two attached hydrogens (primary N) is 1. The summed E-state index contributed by atoms with van der Waals surface area (Å²) in [5.41, 5.74) is 13.0. The molecule has 2 aromatic rings. The van der Waals surface area contributed by atoms with Crippen LogP contribution in [0.5, 0.6) is 0 Å². The second-order valence-corrected chi connectivity index (χ2v) is 6.56. The highest BCUT2D eigenvalue weighted by atomic mass is 15.0. The Hall–Kier alpha value is -2.28. The Labute approximate surface area is 144 Å². The minimum absolute atomic E-state index is 0.108. The van der Waals surface area contributed by atoms with Crippen molar-refractivity contribution < 1.29 is 0 Å². The maximum Gasteiger partial charge on any atom is 0.0593 e. The summed E-state index contributed by atoms with van der Waals surface area (Å²) in [5, 5.41) is 1.36. The first kappa shape index (κ1) is 16.6. The lowest BCUT2D eigenvalue weighted by Crippen LogP contribution is -2.09. The molecule has 0 saturated carbocycles. The molecule has 2 atom stereocenters. The first-order valence-electron chi connectivity index (χ1n) is 8.76. The number of aromatic nitrogens is 1. The van der Waals surface area contributed by atoms with Crippen LogP contribution >= 0.6 is 0 Å². The molecule has 1 aliphatic rings. The van der Waals surface area contributed by atoms with Crippen molar-refractivity contribution in [3.05, 3.63) is 77.7 Å². The quantitative estimate of drug-likeness (QED) is 0.610. The van der Waals surface area contributed by atoms with Gasteiger partial charge in [-0.2, -0.15) is 0 Å². The van der Waals surface area contributed by atoms with E-state index < -0.39 is 0 Å². The number of fused-ring (bicyclic) bond motifs is 1. The number of benzene rings is 1. The molecule has 1 aliphatic carbocycles.